The largest absolute Gasteiger partial charge is 0.456 e. The summed E-state index contributed by atoms with van der Waals surface area (Å²) in [6, 6.07) is 3.59. The Morgan fingerprint density at radius 1 is 1.39 bits per heavy atom. The molecule has 0 spiro atoms. The monoisotopic (exact) mass is 267 g/mol. The molecular formula is C14H18ClNO2. The average Bonchev–Trinajstić information content (AvgIpc) is 2.25. The Balaban J connectivity index is 2.38. The maximum Gasteiger partial charge on any atom is 0.340 e. The summed E-state index contributed by atoms with van der Waals surface area (Å²) in [5.74, 6) is -0.323. The first-order valence-electron chi connectivity index (χ1n) is 6.16. The summed E-state index contributed by atoms with van der Waals surface area (Å²) in [6.45, 7) is 6.45. The van der Waals surface area contributed by atoms with Gasteiger partial charge in [0, 0.05) is 11.6 Å². The third-order valence-corrected chi connectivity index (χ3v) is 2.95. The molecule has 0 unspecified atom stereocenters. The summed E-state index contributed by atoms with van der Waals surface area (Å²) in [5, 5.41) is 3.85. The van der Waals surface area contributed by atoms with Crippen LogP contribution in [0, 0.1) is 0 Å². The van der Waals surface area contributed by atoms with Crippen LogP contribution in [0.25, 0.3) is 0 Å². The number of fused-ring (bicyclic) bond motifs is 1. The van der Waals surface area contributed by atoms with Crippen LogP contribution in [0.3, 0.4) is 0 Å². The van der Waals surface area contributed by atoms with E-state index in [1.807, 2.05) is 26.8 Å². The van der Waals surface area contributed by atoms with E-state index in [1.165, 1.54) is 0 Å². The molecule has 98 valence electrons. The second-order valence-electron chi connectivity index (χ2n) is 5.52. The minimum absolute atomic E-state index is 0.323. The Bertz CT molecular complexity index is 477. The standard InChI is InChI=1S/C14H18ClNO2/c1-14(2,3)18-13(17)11-8-10(15)7-9-5-4-6-16-12(9)11/h7-8,16H,4-6H2,1-3H3. The molecule has 0 aromatic heterocycles. The fraction of sp³-hybridized carbons (Fsp3) is 0.500. The van der Waals surface area contributed by atoms with Crippen molar-refractivity contribution in [1.82, 2.24) is 0 Å². The van der Waals surface area contributed by atoms with Gasteiger partial charge in [-0.3, -0.25) is 0 Å². The van der Waals surface area contributed by atoms with Crippen molar-refractivity contribution in [2.24, 2.45) is 0 Å². The van der Waals surface area contributed by atoms with Crippen LogP contribution in [0.2, 0.25) is 5.02 Å². The van der Waals surface area contributed by atoms with E-state index in [-0.39, 0.29) is 5.97 Å². The highest BCUT2D eigenvalue weighted by atomic mass is 35.5. The smallest absolute Gasteiger partial charge is 0.340 e. The van der Waals surface area contributed by atoms with E-state index in [9.17, 15) is 4.79 Å². The molecule has 0 saturated carbocycles. The number of ether oxygens (including phenoxy) is 1. The lowest BCUT2D eigenvalue weighted by Gasteiger charge is -2.24. The van der Waals surface area contributed by atoms with E-state index in [1.54, 1.807) is 6.07 Å². The molecule has 4 heteroatoms. The zero-order valence-corrected chi connectivity index (χ0v) is 11.7. The lowest BCUT2D eigenvalue weighted by Crippen LogP contribution is -2.25. The number of carbonyl (C=O) groups is 1. The molecule has 1 heterocycles. The maximum absolute atomic E-state index is 12.2. The van der Waals surface area contributed by atoms with Gasteiger partial charge in [-0.25, -0.2) is 4.79 Å². The molecule has 18 heavy (non-hydrogen) atoms. The fourth-order valence-corrected chi connectivity index (χ4v) is 2.30. The van der Waals surface area contributed by atoms with Crippen molar-refractivity contribution in [3.63, 3.8) is 0 Å². The van der Waals surface area contributed by atoms with E-state index in [4.69, 9.17) is 16.3 Å². The molecule has 0 fully saturated rings. The number of anilines is 1. The van der Waals surface area contributed by atoms with Crippen molar-refractivity contribution in [2.75, 3.05) is 11.9 Å². The van der Waals surface area contributed by atoms with Gasteiger partial charge >= 0.3 is 5.97 Å². The Morgan fingerprint density at radius 3 is 2.78 bits per heavy atom. The molecule has 0 saturated heterocycles. The summed E-state index contributed by atoms with van der Waals surface area (Å²) in [4.78, 5) is 12.2. The normalized spacial score (nSPS) is 14.7. The number of aryl methyl sites for hydroxylation is 1. The van der Waals surface area contributed by atoms with Gasteiger partial charge in [0.15, 0.2) is 0 Å². The Labute approximate surface area is 112 Å². The van der Waals surface area contributed by atoms with Crippen molar-refractivity contribution >= 4 is 23.3 Å². The molecule has 0 aliphatic carbocycles. The molecule has 2 rings (SSSR count). The van der Waals surface area contributed by atoms with Crippen LogP contribution in [0.5, 0.6) is 0 Å². The van der Waals surface area contributed by atoms with E-state index in [0.717, 1.165) is 30.6 Å². The quantitative estimate of drug-likeness (QED) is 0.790. The Hall–Kier alpha value is -1.22. The van der Waals surface area contributed by atoms with Crippen LogP contribution in [-0.2, 0) is 11.2 Å². The molecule has 1 aromatic rings. The lowest BCUT2D eigenvalue weighted by molar-refractivity contribution is 0.00705. The highest BCUT2D eigenvalue weighted by Gasteiger charge is 2.23. The van der Waals surface area contributed by atoms with Gasteiger partial charge in [-0.1, -0.05) is 11.6 Å². The number of nitrogens with one attached hydrogen (secondary N) is 1. The number of rotatable bonds is 1. The lowest BCUT2D eigenvalue weighted by atomic mass is 9.99. The highest BCUT2D eigenvalue weighted by Crippen LogP contribution is 2.31. The third-order valence-electron chi connectivity index (χ3n) is 2.73. The molecule has 3 nitrogen and oxygen atoms in total. The van der Waals surface area contributed by atoms with Crippen molar-refractivity contribution in [1.29, 1.82) is 0 Å². The maximum atomic E-state index is 12.2. The van der Waals surface area contributed by atoms with Crippen molar-refractivity contribution in [3.05, 3.63) is 28.3 Å². The van der Waals surface area contributed by atoms with Crippen LogP contribution < -0.4 is 5.32 Å². The second kappa shape index (κ2) is 4.81. The van der Waals surface area contributed by atoms with Crippen molar-refractivity contribution < 1.29 is 9.53 Å². The number of halogens is 1. The number of benzene rings is 1. The third kappa shape index (κ3) is 2.96. The highest BCUT2D eigenvalue weighted by molar-refractivity contribution is 6.31. The van der Waals surface area contributed by atoms with Gasteiger partial charge < -0.3 is 10.1 Å². The summed E-state index contributed by atoms with van der Waals surface area (Å²) >= 11 is 6.06. The predicted octanol–water partition coefficient (Wildman–Crippen LogP) is 3.65. The van der Waals surface area contributed by atoms with Gasteiger partial charge in [-0.05, 0) is 51.3 Å². The summed E-state index contributed by atoms with van der Waals surface area (Å²) in [5.41, 5.74) is 2.00. The average molecular weight is 268 g/mol. The predicted molar refractivity (Wildman–Crippen MR) is 73.4 cm³/mol. The molecule has 0 amide bonds. The number of carbonyl (C=O) groups excluding carboxylic acids is 1. The summed E-state index contributed by atoms with van der Waals surface area (Å²) in [6.07, 6.45) is 2.00. The molecule has 0 bridgehead atoms. The zero-order valence-electron chi connectivity index (χ0n) is 11.0. The minimum atomic E-state index is -0.499. The number of hydrogen-bond acceptors (Lipinski definition) is 3. The Kier molecular flexibility index (Phi) is 3.53. The number of esters is 1. The summed E-state index contributed by atoms with van der Waals surface area (Å²) < 4.78 is 5.41. The van der Waals surface area contributed by atoms with E-state index in [2.05, 4.69) is 5.32 Å². The number of hydrogen-bond donors (Lipinski definition) is 1. The molecule has 0 atom stereocenters. The molecule has 1 aliphatic rings. The zero-order chi connectivity index (χ0) is 13.3. The van der Waals surface area contributed by atoms with Crippen LogP contribution in [0.15, 0.2) is 12.1 Å². The minimum Gasteiger partial charge on any atom is -0.456 e. The molecule has 1 aliphatic heterocycles. The van der Waals surface area contributed by atoms with E-state index < -0.39 is 5.60 Å². The van der Waals surface area contributed by atoms with Gasteiger partial charge in [0.05, 0.1) is 11.3 Å². The van der Waals surface area contributed by atoms with Gasteiger partial charge in [0.25, 0.3) is 0 Å². The fourth-order valence-electron chi connectivity index (χ4n) is 2.06. The van der Waals surface area contributed by atoms with Gasteiger partial charge in [-0.2, -0.15) is 0 Å². The van der Waals surface area contributed by atoms with Gasteiger partial charge in [-0.15, -0.1) is 0 Å². The van der Waals surface area contributed by atoms with E-state index >= 15 is 0 Å². The first-order chi connectivity index (χ1) is 8.37. The first-order valence-corrected chi connectivity index (χ1v) is 6.54. The Morgan fingerprint density at radius 2 is 2.11 bits per heavy atom. The van der Waals surface area contributed by atoms with Crippen LogP contribution >= 0.6 is 11.6 Å². The van der Waals surface area contributed by atoms with Crippen molar-refractivity contribution in [2.45, 2.75) is 39.2 Å². The summed E-state index contributed by atoms with van der Waals surface area (Å²) in [7, 11) is 0. The molecule has 1 aromatic carbocycles. The van der Waals surface area contributed by atoms with Gasteiger partial charge in [0.2, 0.25) is 0 Å². The van der Waals surface area contributed by atoms with Crippen molar-refractivity contribution in [3.8, 4) is 0 Å². The van der Waals surface area contributed by atoms with Crippen LogP contribution in [0.4, 0.5) is 5.69 Å². The first kappa shape index (κ1) is 13.2. The topological polar surface area (TPSA) is 38.3 Å². The molecule has 1 N–H and O–H groups in total. The van der Waals surface area contributed by atoms with Crippen LogP contribution in [-0.4, -0.2) is 18.1 Å². The van der Waals surface area contributed by atoms with Crippen LogP contribution in [0.1, 0.15) is 43.1 Å². The van der Waals surface area contributed by atoms with E-state index in [0.29, 0.717) is 10.6 Å². The molecular weight excluding hydrogens is 250 g/mol. The molecule has 0 radical (unpaired) electrons. The second-order valence-corrected chi connectivity index (χ2v) is 5.96. The van der Waals surface area contributed by atoms with Gasteiger partial charge in [0.1, 0.15) is 5.60 Å². The SMILES string of the molecule is CC(C)(C)OC(=O)c1cc(Cl)cc2c1NCCC2.